The van der Waals surface area contributed by atoms with Crippen LogP contribution in [0.5, 0.6) is 0 Å². The molecule has 0 radical (unpaired) electrons. The first-order valence-corrected chi connectivity index (χ1v) is 8.15. The molecule has 1 N–H and O–H groups in total. The summed E-state index contributed by atoms with van der Waals surface area (Å²) < 4.78 is 4.62. The van der Waals surface area contributed by atoms with Gasteiger partial charge >= 0.3 is 5.97 Å². The number of ether oxygens (including phenoxy) is 1. The maximum atomic E-state index is 11.4. The average molecular weight is 305 g/mol. The number of hydrogen-bond acceptors (Lipinski definition) is 4. The highest BCUT2D eigenvalue weighted by Crippen LogP contribution is 2.24. The third-order valence-corrected chi connectivity index (χ3v) is 4.77. The fraction of sp³-hybridized carbons (Fsp3) is 0.611. The quantitative estimate of drug-likeness (QED) is 0.820. The minimum Gasteiger partial charge on any atom is -0.467 e. The van der Waals surface area contributed by atoms with Crippen LogP contribution in [0.1, 0.15) is 37.7 Å². The molecule has 1 aliphatic heterocycles. The molecule has 1 fully saturated rings. The Hall–Kier alpha value is -1.39. The van der Waals surface area contributed by atoms with E-state index in [0.29, 0.717) is 5.92 Å². The number of methoxy groups -OCH3 is 1. The maximum absolute atomic E-state index is 11.4. The van der Waals surface area contributed by atoms with Crippen molar-refractivity contribution >= 4 is 5.97 Å². The van der Waals surface area contributed by atoms with Crippen molar-refractivity contribution < 1.29 is 14.6 Å². The number of benzene rings is 1. The lowest BCUT2D eigenvalue weighted by Crippen LogP contribution is -2.41. The van der Waals surface area contributed by atoms with E-state index in [2.05, 4.69) is 40.8 Å². The van der Waals surface area contributed by atoms with E-state index in [4.69, 9.17) is 0 Å². The molecule has 1 aliphatic rings. The molecular formula is C18H27NO3. The van der Waals surface area contributed by atoms with E-state index in [-0.39, 0.29) is 5.92 Å². The average Bonchev–Trinajstić information content (AvgIpc) is 2.59. The number of hydrogen-bond donors (Lipinski definition) is 1. The highest BCUT2D eigenvalue weighted by atomic mass is 16.5. The number of carbonyl (C=O) groups excluding carboxylic acids is 1. The van der Waals surface area contributed by atoms with Gasteiger partial charge in [-0.1, -0.05) is 37.3 Å². The normalized spacial score (nSPS) is 19.6. The molecule has 122 valence electrons. The Morgan fingerprint density at radius 3 is 2.55 bits per heavy atom. The van der Waals surface area contributed by atoms with Crippen molar-refractivity contribution in [2.24, 2.45) is 5.92 Å². The summed E-state index contributed by atoms with van der Waals surface area (Å²) in [6.07, 6.45) is 1.88. The van der Waals surface area contributed by atoms with E-state index in [0.717, 1.165) is 38.9 Å². The molecule has 0 unspecified atom stereocenters. The van der Waals surface area contributed by atoms with Crippen LogP contribution in [-0.4, -0.2) is 48.8 Å². The Labute approximate surface area is 133 Å². The summed E-state index contributed by atoms with van der Waals surface area (Å²) in [6, 6.07) is 10.6. The van der Waals surface area contributed by atoms with E-state index in [1.54, 1.807) is 0 Å². The number of nitrogens with zero attached hydrogens (tertiary/aromatic N) is 1. The SMILES string of the molecule is COC(=O)[C@H](O)C1CCN(CC[C@H](C)c2ccccc2)CC1. The van der Waals surface area contributed by atoms with E-state index >= 15 is 0 Å². The summed E-state index contributed by atoms with van der Waals surface area (Å²) >= 11 is 0. The van der Waals surface area contributed by atoms with Gasteiger partial charge in [-0.05, 0) is 56.3 Å². The summed E-state index contributed by atoms with van der Waals surface area (Å²) in [6.45, 7) is 5.22. The van der Waals surface area contributed by atoms with E-state index in [1.165, 1.54) is 12.7 Å². The molecule has 22 heavy (non-hydrogen) atoms. The van der Waals surface area contributed by atoms with Gasteiger partial charge in [0.2, 0.25) is 0 Å². The topological polar surface area (TPSA) is 49.8 Å². The zero-order chi connectivity index (χ0) is 15.9. The Balaban J connectivity index is 1.73. The van der Waals surface area contributed by atoms with Crippen LogP contribution in [-0.2, 0) is 9.53 Å². The minimum absolute atomic E-state index is 0.0373. The molecule has 0 amide bonds. The Morgan fingerprint density at radius 1 is 1.32 bits per heavy atom. The van der Waals surface area contributed by atoms with Gasteiger partial charge in [-0.15, -0.1) is 0 Å². The molecule has 1 aromatic rings. The van der Waals surface area contributed by atoms with Crippen LogP contribution in [0.25, 0.3) is 0 Å². The largest absolute Gasteiger partial charge is 0.467 e. The Morgan fingerprint density at radius 2 is 1.95 bits per heavy atom. The molecule has 2 atom stereocenters. The number of rotatable bonds is 6. The molecule has 4 nitrogen and oxygen atoms in total. The van der Waals surface area contributed by atoms with Gasteiger partial charge in [0.25, 0.3) is 0 Å². The van der Waals surface area contributed by atoms with Crippen LogP contribution in [0.3, 0.4) is 0 Å². The number of aliphatic hydroxyl groups excluding tert-OH is 1. The molecule has 2 rings (SSSR count). The fourth-order valence-corrected chi connectivity index (χ4v) is 3.13. The first-order valence-electron chi connectivity index (χ1n) is 8.15. The second-order valence-corrected chi connectivity index (χ2v) is 6.25. The van der Waals surface area contributed by atoms with Crippen molar-refractivity contribution in [3.05, 3.63) is 35.9 Å². The van der Waals surface area contributed by atoms with E-state index < -0.39 is 12.1 Å². The molecule has 1 heterocycles. The van der Waals surface area contributed by atoms with E-state index in [9.17, 15) is 9.90 Å². The third-order valence-electron chi connectivity index (χ3n) is 4.77. The van der Waals surface area contributed by atoms with Gasteiger partial charge < -0.3 is 14.7 Å². The van der Waals surface area contributed by atoms with Gasteiger partial charge in [-0.25, -0.2) is 4.79 Å². The first-order chi connectivity index (χ1) is 10.6. The second-order valence-electron chi connectivity index (χ2n) is 6.25. The van der Waals surface area contributed by atoms with Gasteiger partial charge in [0.1, 0.15) is 0 Å². The number of aliphatic hydroxyl groups is 1. The molecule has 1 saturated heterocycles. The van der Waals surface area contributed by atoms with Crippen LogP contribution < -0.4 is 0 Å². The molecule has 0 aromatic heterocycles. The van der Waals surface area contributed by atoms with Crippen LogP contribution >= 0.6 is 0 Å². The first kappa shape index (κ1) is 17.0. The molecule has 0 spiro atoms. The number of carbonyl (C=O) groups is 1. The van der Waals surface area contributed by atoms with Gasteiger partial charge in [-0.2, -0.15) is 0 Å². The summed E-state index contributed by atoms with van der Waals surface area (Å²) in [5.41, 5.74) is 1.39. The maximum Gasteiger partial charge on any atom is 0.334 e. The smallest absolute Gasteiger partial charge is 0.334 e. The van der Waals surface area contributed by atoms with Crippen LogP contribution in [0, 0.1) is 5.92 Å². The van der Waals surface area contributed by atoms with Crippen molar-refractivity contribution in [1.29, 1.82) is 0 Å². The molecule has 0 aliphatic carbocycles. The van der Waals surface area contributed by atoms with Crippen molar-refractivity contribution in [1.82, 2.24) is 4.90 Å². The third kappa shape index (κ3) is 4.55. The zero-order valence-corrected chi connectivity index (χ0v) is 13.6. The zero-order valence-electron chi connectivity index (χ0n) is 13.6. The monoisotopic (exact) mass is 305 g/mol. The molecule has 0 saturated carbocycles. The van der Waals surface area contributed by atoms with Crippen molar-refractivity contribution in [3.63, 3.8) is 0 Å². The summed E-state index contributed by atoms with van der Waals surface area (Å²) in [4.78, 5) is 13.8. The van der Waals surface area contributed by atoms with Crippen LogP contribution in [0.4, 0.5) is 0 Å². The highest BCUT2D eigenvalue weighted by Gasteiger charge is 2.30. The highest BCUT2D eigenvalue weighted by molar-refractivity contribution is 5.74. The molecular weight excluding hydrogens is 278 g/mol. The number of esters is 1. The lowest BCUT2D eigenvalue weighted by molar-refractivity contribution is -0.154. The fourth-order valence-electron chi connectivity index (χ4n) is 3.13. The molecule has 0 bridgehead atoms. The predicted molar refractivity (Wildman–Crippen MR) is 86.7 cm³/mol. The van der Waals surface area contributed by atoms with Crippen molar-refractivity contribution in [3.8, 4) is 0 Å². The summed E-state index contributed by atoms with van der Waals surface area (Å²) in [5.74, 6) is 0.0889. The van der Waals surface area contributed by atoms with Gasteiger partial charge in [0.15, 0.2) is 6.10 Å². The Bertz CT molecular complexity index is 455. The number of piperidine rings is 1. The van der Waals surface area contributed by atoms with Gasteiger partial charge in [-0.3, -0.25) is 0 Å². The molecule has 4 heteroatoms. The summed E-state index contributed by atoms with van der Waals surface area (Å²) in [5, 5.41) is 9.90. The van der Waals surface area contributed by atoms with Gasteiger partial charge in [0.05, 0.1) is 7.11 Å². The lowest BCUT2D eigenvalue weighted by Gasteiger charge is -2.33. The van der Waals surface area contributed by atoms with Crippen molar-refractivity contribution in [2.75, 3.05) is 26.7 Å². The standard InChI is InChI=1S/C18H27NO3/c1-14(15-6-4-3-5-7-15)8-11-19-12-9-16(10-13-19)17(20)18(21)22-2/h3-7,14,16-17,20H,8-13H2,1-2H3/t14-,17+/m0/s1. The van der Waals surface area contributed by atoms with Crippen molar-refractivity contribution in [2.45, 2.75) is 38.2 Å². The second kappa shape index (κ2) is 8.30. The van der Waals surface area contributed by atoms with Crippen LogP contribution in [0.2, 0.25) is 0 Å². The predicted octanol–water partition coefficient (Wildman–Crippen LogP) is 2.43. The lowest BCUT2D eigenvalue weighted by atomic mass is 9.90. The Kier molecular flexibility index (Phi) is 6.40. The van der Waals surface area contributed by atoms with Gasteiger partial charge in [0, 0.05) is 0 Å². The number of likely N-dealkylation sites (tertiary alicyclic amines) is 1. The summed E-state index contributed by atoms with van der Waals surface area (Å²) in [7, 11) is 1.33. The minimum atomic E-state index is -0.963. The molecule has 1 aromatic carbocycles. The van der Waals surface area contributed by atoms with Crippen LogP contribution in [0.15, 0.2) is 30.3 Å². The van der Waals surface area contributed by atoms with E-state index in [1.807, 2.05) is 6.07 Å².